The van der Waals surface area contributed by atoms with E-state index in [1.807, 2.05) is 18.2 Å². The van der Waals surface area contributed by atoms with Gasteiger partial charge in [0.1, 0.15) is 5.82 Å². The number of rotatable bonds is 3. The number of carboxylic acid groups (broad SMARTS) is 1. The van der Waals surface area contributed by atoms with Crippen LogP contribution in [-0.2, 0) is 11.3 Å². The highest BCUT2D eigenvalue weighted by Gasteiger charge is 2.47. The molecule has 1 aromatic carbocycles. The largest absolute Gasteiger partial charge is 0.481 e. The molecular formula is C13H13BrN2O2. The molecule has 2 aromatic rings. The Bertz CT molecular complexity index is 635. The van der Waals surface area contributed by atoms with E-state index in [0.29, 0.717) is 6.42 Å². The lowest BCUT2D eigenvalue weighted by atomic mass is 10.3. The number of halogens is 1. The van der Waals surface area contributed by atoms with Crippen LogP contribution in [-0.4, -0.2) is 20.6 Å². The van der Waals surface area contributed by atoms with E-state index in [0.717, 1.165) is 27.9 Å². The molecule has 0 bridgehead atoms. The molecular weight excluding hydrogens is 296 g/mol. The van der Waals surface area contributed by atoms with Crippen LogP contribution in [0.4, 0.5) is 0 Å². The highest BCUT2D eigenvalue weighted by atomic mass is 79.9. The van der Waals surface area contributed by atoms with Crippen LogP contribution in [0.5, 0.6) is 0 Å². The van der Waals surface area contributed by atoms with Crippen molar-refractivity contribution < 1.29 is 9.90 Å². The Morgan fingerprint density at radius 2 is 2.39 bits per heavy atom. The van der Waals surface area contributed by atoms with Gasteiger partial charge in [-0.05, 0) is 31.5 Å². The quantitative estimate of drug-likeness (QED) is 0.948. The van der Waals surface area contributed by atoms with Gasteiger partial charge in [0.15, 0.2) is 0 Å². The number of fused-ring (bicyclic) bond motifs is 1. The zero-order valence-electron chi connectivity index (χ0n) is 9.93. The van der Waals surface area contributed by atoms with Crippen molar-refractivity contribution in [2.45, 2.75) is 25.8 Å². The summed E-state index contributed by atoms with van der Waals surface area (Å²) in [5.74, 6) is 0.0260. The van der Waals surface area contributed by atoms with Crippen LogP contribution >= 0.6 is 15.9 Å². The molecule has 1 heterocycles. The van der Waals surface area contributed by atoms with Crippen molar-refractivity contribution in [3.05, 3.63) is 28.5 Å². The Labute approximate surface area is 113 Å². The first kappa shape index (κ1) is 11.7. The summed E-state index contributed by atoms with van der Waals surface area (Å²) in [7, 11) is 0. The Balaban J connectivity index is 2.09. The molecule has 4 nitrogen and oxygen atoms in total. The number of carbonyl (C=O) groups is 1. The molecule has 2 unspecified atom stereocenters. The molecule has 18 heavy (non-hydrogen) atoms. The lowest BCUT2D eigenvalue weighted by molar-refractivity contribution is -0.138. The van der Waals surface area contributed by atoms with Crippen LogP contribution in [0.3, 0.4) is 0 Å². The summed E-state index contributed by atoms with van der Waals surface area (Å²) < 4.78 is 3.11. The Morgan fingerprint density at radius 1 is 1.61 bits per heavy atom. The fraction of sp³-hybridized carbons (Fsp3) is 0.385. The number of hydrogen-bond acceptors (Lipinski definition) is 2. The molecule has 5 heteroatoms. The third kappa shape index (κ3) is 1.73. The highest BCUT2D eigenvalue weighted by Crippen LogP contribution is 2.47. The first-order valence-electron chi connectivity index (χ1n) is 6.00. The molecule has 0 spiro atoms. The van der Waals surface area contributed by atoms with E-state index in [2.05, 4.69) is 32.4 Å². The van der Waals surface area contributed by atoms with Crippen molar-refractivity contribution in [2.75, 3.05) is 0 Å². The number of carboxylic acids is 1. The maximum atomic E-state index is 11.0. The zero-order valence-corrected chi connectivity index (χ0v) is 11.5. The van der Waals surface area contributed by atoms with Crippen molar-refractivity contribution >= 4 is 32.9 Å². The number of aromatic nitrogens is 2. The molecule has 1 N–H and O–H groups in total. The smallest absolute Gasteiger partial charge is 0.307 e. The minimum atomic E-state index is -0.712. The molecule has 2 atom stereocenters. The molecule has 3 rings (SSSR count). The van der Waals surface area contributed by atoms with E-state index in [1.54, 1.807) is 0 Å². The summed E-state index contributed by atoms with van der Waals surface area (Å²) in [6, 6.07) is 5.99. The summed E-state index contributed by atoms with van der Waals surface area (Å²) in [6.45, 7) is 2.88. The third-order valence-corrected chi connectivity index (χ3v) is 3.99. The molecule has 1 aromatic heterocycles. The van der Waals surface area contributed by atoms with Crippen molar-refractivity contribution in [2.24, 2.45) is 5.92 Å². The minimum Gasteiger partial charge on any atom is -0.481 e. The first-order valence-corrected chi connectivity index (χ1v) is 6.79. The van der Waals surface area contributed by atoms with Crippen molar-refractivity contribution in [3.8, 4) is 0 Å². The van der Waals surface area contributed by atoms with Gasteiger partial charge in [0, 0.05) is 16.9 Å². The van der Waals surface area contributed by atoms with Gasteiger partial charge < -0.3 is 9.67 Å². The lowest BCUT2D eigenvalue weighted by Gasteiger charge is -2.04. The maximum absolute atomic E-state index is 11.0. The minimum absolute atomic E-state index is 0.0774. The second-order valence-electron chi connectivity index (χ2n) is 4.63. The number of imidazole rings is 1. The third-order valence-electron chi connectivity index (χ3n) is 3.50. The number of benzene rings is 1. The van der Waals surface area contributed by atoms with Gasteiger partial charge in [-0.2, -0.15) is 0 Å². The number of nitrogens with zero attached hydrogens (tertiary/aromatic N) is 2. The van der Waals surface area contributed by atoms with Gasteiger partial charge in [-0.1, -0.05) is 15.9 Å². The Kier molecular flexibility index (Phi) is 2.66. The van der Waals surface area contributed by atoms with Gasteiger partial charge in [0.05, 0.1) is 17.0 Å². The van der Waals surface area contributed by atoms with Gasteiger partial charge in [0.25, 0.3) is 0 Å². The van der Waals surface area contributed by atoms with E-state index >= 15 is 0 Å². The van der Waals surface area contributed by atoms with Crippen molar-refractivity contribution in [3.63, 3.8) is 0 Å². The summed E-state index contributed by atoms with van der Waals surface area (Å²) in [6.07, 6.45) is 0.708. The molecule has 94 valence electrons. The van der Waals surface area contributed by atoms with E-state index in [-0.39, 0.29) is 11.8 Å². The average molecular weight is 309 g/mol. The topological polar surface area (TPSA) is 55.1 Å². The van der Waals surface area contributed by atoms with Crippen LogP contribution in [0.15, 0.2) is 22.7 Å². The standard InChI is InChI=1S/C13H13BrN2O2/c1-2-16-11-4-3-7(14)5-10(11)15-12(16)8-6-9(8)13(17)18/h3-5,8-9H,2,6H2,1H3,(H,17,18). The van der Waals surface area contributed by atoms with Gasteiger partial charge in [-0.15, -0.1) is 0 Å². The van der Waals surface area contributed by atoms with Gasteiger partial charge in [-0.3, -0.25) is 4.79 Å². The monoisotopic (exact) mass is 308 g/mol. The van der Waals surface area contributed by atoms with Crippen LogP contribution in [0.25, 0.3) is 11.0 Å². The molecule has 1 aliphatic rings. The SMILES string of the molecule is CCn1c(C2CC2C(=O)O)nc2cc(Br)ccc21. The van der Waals surface area contributed by atoms with Gasteiger partial charge in [0.2, 0.25) is 0 Å². The van der Waals surface area contributed by atoms with E-state index < -0.39 is 5.97 Å². The second kappa shape index (κ2) is 4.09. The average Bonchev–Trinajstić information content (AvgIpc) is 3.04. The zero-order chi connectivity index (χ0) is 12.9. The summed E-state index contributed by atoms with van der Waals surface area (Å²) >= 11 is 3.43. The fourth-order valence-corrected chi connectivity index (χ4v) is 2.84. The molecule has 0 aliphatic heterocycles. The van der Waals surface area contributed by atoms with Crippen LogP contribution in [0.2, 0.25) is 0 Å². The van der Waals surface area contributed by atoms with Crippen LogP contribution in [0.1, 0.15) is 25.1 Å². The van der Waals surface area contributed by atoms with E-state index in [9.17, 15) is 4.79 Å². The fourth-order valence-electron chi connectivity index (χ4n) is 2.49. The first-order chi connectivity index (χ1) is 8.61. The molecule has 0 saturated heterocycles. The Morgan fingerprint density at radius 3 is 3.00 bits per heavy atom. The lowest BCUT2D eigenvalue weighted by Crippen LogP contribution is -2.04. The predicted octanol–water partition coefficient (Wildman–Crippen LogP) is 3.01. The van der Waals surface area contributed by atoms with Gasteiger partial charge >= 0.3 is 5.97 Å². The number of aliphatic carboxylic acids is 1. The second-order valence-corrected chi connectivity index (χ2v) is 5.55. The predicted molar refractivity (Wildman–Crippen MR) is 71.6 cm³/mol. The van der Waals surface area contributed by atoms with E-state index in [1.165, 1.54) is 0 Å². The number of hydrogen-bond donors (Lipinski definition) is 1. The Hall–Kier alpha value is -1.36. The molecule has 1 fully saturated rings. The number of aryl methyl sites for hydroxylation is 1. The summed E-state index contributed by atoms with van der Waals surface area (Å²) in [5, 5.41) is 9.02. The molecule has 1 aliphatic carbocycles. The van der Waals surface area contributed by atoms with Gasteiger partial charge in [-0.25, -0.2) is 4.98 Å². The normalized spacial score (nSPS) is 22.3. The molecule has 1 saturated carbocycles. The van der Waals surface area contributed by atoms with Crippen LogP contribution in [0, 0.1) is 5.92 Å². The molecule has 0 radical (unpaired) electrons. The van der Waals surface area contributed by atoms with E-state index in [4.69, 9.17) is 5.11 Å². The maximum Gasteiger partial charge on any atom is 0.307 e. The highest BCUT2D eigenvalue weighted by molar-refractivity contribution is 9.10. The van der Waals surface area contributed by atoms with Crippen molar-refractivity contribution in [1.82, 2.24) is 9.55 Å². The summed E-state index contributed by atoms with van der Waals surface area (Å²) in [4.78, 5) is 15.6. The van der Waals surface area contributed by atoms with Crippen LogP contribution < -0.4 is 0 Å². The summed E-state index contributed by atoms with van der Waals surface area (Å²) in [5.41, 5.74) is 2.00. The van der Waals surface area contributed by atoms with Crippen molar-refractivity contribution in [1.29, 1.82) is 0 Å². The molecule has 0 amide bonds.